The van der Waals surface area contributed by atoms with E-state index in [2.05, 4.69) is 34.1 Å². The molecule has 3 aromatic rings. The highest BCUT2D eigenvalue weighted by Crippen LogP contribution is 2.38. The number of piperazine rings is 2. The van der Waals surface area contributed by atoms with Crippen molar-refractivity contribution in [2.24, 2.45) is 0 Å². The summed E-state index contributed by atoms with van der Waals surface area (Å²) in [5.74, 6) is -1.79. The van der Waals surface area contributed by atoms with Crippen molar-refractivity contribution in [1.82, 2.24) is 14.6 Å². The van der Waals surface area contributed by atoms with Gasteiger partial charge in [0.05, 0.1) is 11.2 Å². The Kier molecular flexibility index (Phi) is 6.53. The Morgan fingerprint density at radius 3 is 2.21 bits per heavy atom. The molecule has 0 radical (unpaired) electrons. The number of carbonyl (C=O) groups is 1. The highest BCUT2D eigenvalue weighted by atomic mass is 19.2. The molecule has 2 aliphatic heterocycles. The second kappa shape index (κ2) is 9.99. The van der Waals surface area contributed by atoms with Crippen molar-refractivity contribution in [3.05, 3.63) is 69.8 Å². The van der Waals surface area contributed by atoms with Crippen LogP contribution in [0, 0.1) is 5.82 Å². The number of aromatic carboxylic acids is 1. The number of carboxylic acid groups (broad SMARTS) is 1. The maximum Gasteiger partial charge on any atom is 0.341 e. The predicted molar refractivity (Wildman–Crippen MR) is 142 cm³/mol. The lowest BCUT2D eigenvalue weighted by atomic mass is 10.1. The number of nitrogens with zero attached hydrogens (tertiary/aromatic N) is 5. The number of anilines is 2. The van der Waals surface area contributed by atoms with Gasteiger partial charge in [0.1, 0.15) is 11.4 Å². The van der Waals surface area contributed by atoms with Gasteiger partial charge in [0.15, 0.2) is 0 Å². The Morgan fingerprint density at radius 2 is 1.58 bits per heavy atom. The maximum atomic E-state index is 15.2. The van der Waals surface area contributed by atoms with Crippen LogP contribution in [0.4, 0.5) is 20.2 Å². The third-order valence-electron chi connectivity index (χ3n) is 7.92. The summed E-state index contributed by atoms with van der Waals surface area (Å²) in [4.78, 5) is 30.9. The number of hydrogen-bond acceptors (Lipinski definition) is 6. The molecule has 8 nitrogen and oxygen atoms in total. The number of pyridine rings is 1. The average Bonchev–Trinajstić information content (AvgIpc) is 3.76. The molecule has 6 rings (SSSR count). The van der Waals surface area contributed by atoms with E-state index >= 15 is 4.39 Å². The van der Waals surface area contributed by atoms with E-state index in [0.717, 1.165) is 43.3 Å². The Morgan fingerprint density at radius 1 is 0.921 bits per heavy atom. The van der Waals surface area contributed by atoms with Gasteiger partial charge in [0.25, 0.3) is 0 Å². The van der Waals surface area contributed by atoms with Gasteiger partial charge in [-0.2, -0.15) is 0 Å². The minimum absolute atomic E-state index is 0.117. The van der Waals surface area contributed by atoms with Crippen molar-refractivity contribution in [3.8, 4) is 0 Å². The van der Waals surface area contributed by atoms with Crippen molar-refractivity contribution >= 4 is 28.2 Å². The zero-order valence-electron chi connectivity index (χ0n) is 21.2. The topological polar surface area (TPSA) is 72.3 Å². The summed E-state index contributed by atoms with van der Waals surface area (Å²) in [7, 11) is 0. The maximum absolute atomic E-state index is 15.2. The zero-order chi connectivity index (χ0) is 26.4. The molecule has 10 heteroatoms. The van der Waals surface area contributed by atoms with Crippen LogP contribution in [0.25, 0.3) is 10.9 Å². The number of hydrogen-bond donors (Lipinski definition) is 1. The van der Waals surface area contributed by atoms with Gasteiger partial charge >= 0.3 is 5.97 Å². The lowest BCUT2D eigenvalue weighted by molar-refractivity contribution is 0.0200. The minimum Gasteiger partial charge on any atom is -0.477 e. The minimum atomic E-state index is -1.29. The molecule has 1 aromatic heterocycles. The van der Waals surface area contributed by atoms with Crippen LogP contribution in [0.2, 0.25) is 0 Å². The van der Waals surface area contributed by atoms with Crippen LogP contribution >= 0.6 is 0 Å². The highest BCUT2D eigenvalue weighted by molar-refractivity contribution is 5.93. The SMILES string of the molecule is O=C(O)c1cn(C2CC2)c2cc(N3CCN(Cc4ccc(N5CCN(F)CC5)cc4)CC3)c(F)cc2c1=O. The first-order valence-electron chi connectivity index (χ1n) is 13.2. The molecule has 0 amide bonds. The number of rotatable bonds is 6. The third-order valence-corrected chi connectivity index (χ3v) is 7.92. The largest absolute Gasteiger partial charge is 0.477 e. The average molecular weight is 524 g/mol. The molecule has 0 unspecified atom stereocenters. The fraction of sp³-hybridized carbons (Fsp3) is 0.429. The van der Waals surface area contributed by atoms with Gasteiger partial charge in [-0.3, -0.25) is 9.69 Å². The predicted octanol–water partition coefficient (Wildman–Crippen LogP) is 3.50. The van der Waals surface area contributed by atoms with Gasteiger partial charge in [-0.15, -0.1) is 9.60 Å². The normalized spacial score (nSPS) is 19.3. The number of fused-ring (bicyclic) bond motifs is 1. The molecule has 3 fully saturated rings. The van der Waals surface area contributed by atoms with Gasteiger partial charge in [0.2, 0.25) is 5.43 Å². The molecule has 0 bridgehead atoms. The van der Waals surface area contributed by atoms with E-state index in [1.165, 1.54) is 17.8 Å². The van der Waals surface area contributed by atoms with Crippen molar-refractivity contribution in [2.45, 2.75) is 25.4 Å². The van der Waals surface area contributed by atoms with Gasteiger partial charge < -0.3 is 19.5 Å². The standard InChI is InChI=1S/C28H31F2N5O3/c29-24-15-22-25(35(21-5-6-21)18-23(27(22)36)28(37)38)16-26(24)33-9-7-31(8-10-33)17-19-1-3-20(4-2-19)32-11-13-34(30)14-12-32/h1-4,15-16,18,21H,5-14,17H2,(H,37,38). The molecular formula is C28H31F2N5O3. The molecule has 1 saturated carbocycles. The molecule has 2 aromatic carbocycles. The smallest absolute Gasteiger partial charge is 0.341 e. The van der Waals surface area contributed by atoms with Gasteiger partial charge in [-0.25, -0.2) is 9.18 Å². The number of aromatic nitrogens is 1. The summed E-state index contributed by atoms with van der Waals surface area (Å²) < 4.78 is 30.4. The van der Waals surface area contributed by atoms with E-state index in [4.69, 9.17) is 0 Å². The van der Waals surface area contributed by atoms with E-state index in [9.17, 15) is 19.2 Å². The molecule has 3 heterocycles. The Bertz CT molecular complexity index is 1410. The second-order valence-corrected chi connectivity index (χ2v) is 10.5. The number of carboxylic acids is 1. The van der Waals surface area contributed by atoms with Crippen LogP contribution in [-0.4, -0.2) is 78.0 Å². The Labute approximate surface area is 219 Å². The van der Waals surface area contributed by atoms with Gasteiger partial charge in [-0.1, -0.05) is 12.1 Å². The number of halogens is 2. The summed E-state index contributed by atoms with van der Waals surface area (Å²) >= 11 is 0. The molecule has 0 atom stereocenters. The van der Waals surface area contributed by atoms with Gasteiger partial charge in [-0.05, 0) is 42.7 Å². The molecule has 3 aliphatic rings. The van der Waals surface area contributed by atoms with Crippen molar-refractivity contribution < 1.29 is 18.8 Å². The summed E-state index contributed by atoms with van der Waals surface area (Å²) in [6.45, 7) is 5.84. The first-order chi connectivity index (χ1) is 18.4. The van der Waals surface area contributed by atoms with Crippen LogP contribution < -0.4 is 15.2 Å². The van der Waals surface area contributed by atoms with Crippen LogP contribution in [0.5, 0.6) is 0 Å². The van der Waals surface area contributed by atoms with E-state index in [1.54, 1.807) is 6.07 Å². The van der Waals surface area contributed by atoms with Crippen LogP contribution in [0.15, 0.2) is 47.4 Å². The van der Waals surface area contributed by atoms with E-state index in [0.29, 0.717) is 50.5 Å². The Balaban J connectivity index is 1.14. The second-order valence-electron chi connectivity index (χ2n) is 10.5. The monoisotopic (exact) mass is 523 g/mol. The summed E-state index contributed by atoms with van der Waals surface area (Å²) in [6.07, 6.45) is 3.24. The zero-order valence-corrected chi connectivity index (χ0v) is 21.2. The molecule has 1 N–H and O–H groups in total. The van der Waals surface area contributed by atoms with E-state index < -0.39 is 17.2 Å². The van der Waals surface area contributed by atoms with Crippen molar-refractivity contribution in [1.29, 1.82) is 0 Å². The first kappa shape index (κ1) is 24.8. The molecule has 2 saturated heterocycles. The Hall–Kier alpha value is -3.50. The van der Waals surface area contributed by atoms with Crippen LogP contribution in [-0.2, 0) is 6.54 Å². The fourth-order valence-corrected chi connectivity index (χ4v) is 5.57. The van der Waals surface area contributed by atoms with Crippen molar-refractivity contribution in [3.63, 3.8) is 0 Å². The fourth-order valence-electron chi connectivity index (χ4n) is 5.57. The lowest BCUT2D eigenvalue weighted by Crippen LogP contribution is -2.46. The highest BCUT2D eigenvalue weighted by Gasteiger charge is 2.28. The quantitative estimate of drug-likeness (QED) is 0.496. The summed E-state index contributed by atoms with van der Waals surface area (Å²) in [5.41, 5.74) is 2.39. The molecule has 200 valence electrons. The molecule has 1 aliphatic carbocycles. The van der Waals surface area contributed by atoms with Crippen LogP contribution in [0.1, 0.15) is 34.8 Å². The van der Waals surface area contributed by atoms with Crippen LogP contribution in [0.3, 0.4) is 0 Å². The first-order valence-corrected chi connectivity index (χ1v) is 13.2. The molecular weight excluding hydrogens is 492 g/mol. The van der Waals surface area contributed by atoms with Gasteiger partial charge in [0, 0.05) is 82.2 Å². The molecule has 0 spiro atoms. The summed E-state index contributed by atoms with van der Waals surface area (Å²) in [5, 5.41) is 10.4. The third kappa shape index (κ3) is 4.86. The molecule has 38 heavy (non-hydrogen) atoms. The van der Waals surface area contributed by atoms with E-state index in [-0.39, 0.29) is 17.0 Å². The van der Waals surface area contributed by atoms with Crippen molar-refractivity contribution in [2.75, 3.05) is 62.2 Å². The lowest BCUT2D eigenvalue weighted by Gasteiger charge is -2.36. The summed E-state index contributed by atoms with van der Waals surface area (Å²) in [6, 6.07) is 11.5. The number of benzene rings is 2. The van der Waals surface area contributed by atoms with E-state index in [1.807, 2.05) is 9.47 Å².